The first-order valence-electron chi connectivity index (χ1n) is 6.97. The molecule has 0 atom stereocenters. The molecule has 2 aromatic heterocycles. The quantitative estimate of drug-likeness (QED) is 0.393. The van der Waals surface area contributed by atoms with E-state index in [1.165, 1.54) is 16.5 Å². The lowest BCUT2D eigenvalue weighted by Gasteiger charge is -2.06. The summed E-state index contributed by atoms with van der Waals surface area (Å²) in [6.07, 6.45) is 2.04. The maximum absolute atomic E-state index is 4.86. The number of benzene rings is 2. The summed E-state index contributed by atoms with van der Waals surface area (Å²) in [7, 11) is 0. The Morgan fingerprint density at radius 3 is 2.59 bits per heavy atom. The van der Waals surface area contributed by atoms with Gasteiger partial charge in [-0.15, -0.1) is 0 Å². The van der Waals surface area contributed by atoms with Gasteiger partial charge in [0, 0.05) is 37.0 Å². The molecular weight excluding hydrogens is 404 g/mol. The number of nitrogens with zero attached hydrogens (tertiary/aromatic N) is 1. The number of H-pyrrole nitrogens is 1. The van der Waals surface area contributed by atoms with E-state index in [1.54, 1.807) is 0 Å². The molecular formula is C18H12Br2N2. The molecule has 0 aliphatic rings. The topological polar surface area (TPSA) is 28.7 Å². The van der Waals surface area contributed by atoms with E-state index in [4.69, 9.17) is 4.98 Å². The second-order valence-corrected chi connectivity index (χ2v) is 7.03. The minimum absolute atomic E-state index is 0.967. The number of para-hydroxylation sites is 1. The Balaban J connectivity index is 2.01. The Morgan fingerprint density at radius 1 is 0.909 bits per heavy atom. The standard InChI is InChI=1S/C18H12Br2N2/c1-10-3-2-4-11-13(9-21-17(10)11)16-8-5-12-14(19)6-7-15(20)18(12)22-16/h2-9,21H,1H3. The van der Waals surface area contributed by atoms with Crippen molar-refractivity contribution < 1.29 is 0 Å². The molecule has 0 spiro atoms. The van der Waals surface area contributed by atoms with Crippen LogP contribution in [0.25, 0.3) is 33.1 Å². The Hall–Kier alpha value is -1.65. The Morgan fingerprint density at radius 2 is 1.73 bits per heavy atom. The van der Waals surface area contributed by atoms with Crippen LogP contribution in [0.2, 0.25) is 0 Å². The Labute approximate surface area is 144 Å². The highest BCUT2D eigenvalue weighted by Gasteiger charge is 2.11. The molecule has 0 amide bonds. The van der Waals surface area contributed by atoms with Crippen molar-refractivity contribution in [2.24, 2.45) is 0 Å². The summed E-state index contributed by atoms with van der Waals surface area (Å²) in [6, 6.07) is 14.6. The highest BCUT2D eigenvalue weighted by Crippen LogP contribution is 2.34. The Bertz CT molecular complexity index is 1020. The highest BCUT2D eigenvalue weighted by atomic mass is 79.9. The van der Waals surface area contributed by atoms with Crippen LogP contribution in [-0.2, 0) is 0 Å². The molecule has 2 nitrogen and oxygen atoms in total. The van der Waals surface area contributed by atoms with Crippen molar-refractivity contribution in [1.82, 2.24) is 9.97 Å². The van der Waals surface area contributed by atoms with Crippen molar-refractivity contribution in [3.8, 4) is 11.3 Å². The largest absolute Gasteiger partial charge is 0.360 e. The number of rotatable bonds is 1. The van der Waals surface area contributed by atoms with Crippen molar-refractivity contribution in [2.75, 3.05) is 0 Å². The third kappa shape index (κ3) is 2.09. The van der Waals surface area contributed by atoms with Gasteiger partial charge in [-0.05, 0) is 52.7 Å². The molecule has 0 aliphatic heterocycles. The molecule has 0 saturated carbocycles. The maximum atomic E-state index is 4.86. The van der Waals surface area contributed by atoms with Gasteiger partial charge >= 0.3 is 0 Å². The van der Waals surface area contributed by atoms with Gasteiger partial charge in [-0.3, -0.25) is 0 Å². The molecule has 4 heteroatoms. The molecule has 0 saturated heterocycles. The SMILES string of the molecule is Cc1cccc2c(-c3ccc4c(Br)ccc(Br)c4n3)c[nH]c12. The van der Waals surface area contributed by atoms with Gasteiger partial charge < -0.3 is 4.98 Å². The van der Waals surface area contributed by atoms with E-state index in [2.05, 4.69) is 74.1 Å². The van der Waals surface area contributed by atoms with Crippen molar-refractivity contribution in [1.29, 1.82) is 0 Å². The minimum Gasteiger partial charge on any atom is -0.360 e. The van der Waals surface area contributed by atoms with Crippen molar-refractivity contribution in [3.63, 3.8) is 0 Å². The van der Waals surface area contributed by atoms with Gasteiger partial charge in [0.15, 0.2) is 0 Å². The van der Waals surface area contributed by atoms with Crippen LogP contribution in [0.5, 0.6) is 0 Å². The smallest absolute Gasteiger partial charge is 0.0862 e. The van der Waals surface area contributed by atoms with E-state index in [9.17, 15) is 0 Å². The summed E-state index contributed by atoms with van der Waals surface area (Å²) in [6.45, 7) is 2.12. The molecule has 0 aliphatic carbocycles. The molecule has 0 fully saturated rings. The molecule has 4 rings (SSSR count). The fourth-order valence-electron chi connectivity index (χ4n) is 2.82. The number of aryl methyl sites for hydroxylation is 1. The predicted molar refractivity (Wildman–Crippen MR) is 99.2 cm³/mol. The number of nitrogens with one attached hydrogen (secondary N) is 1. The first-order valence-corrected chi connectivity index (χ1v) is 8.55. The number of hydrogen-bond acceptors (Lipinski definition) is 1. The fourth-order valence-corrected chi connectivity index (χ4v) is 3.70. The van der Waals surface area contributed by atoms with E-state index in [0.29, 0.717) is 0 Å². The van der Waals surface area contributed by atoms with Crippen molar-refractivity contribution >= 4 is 53.7 Å². The van der Waals surface area contributed by atoms with Crippen LogP contribution < -0.4 is 0 Å². The predicted octanol–water partition coefficient (Wildman–Crippen LogP) is 6.22. The lowest BCUT2D eigenvalue weighted by molar-refractivity contribution is 1.38. The van der Waals surface area contributed by atoms with Crippen molar-refractivity contribution in [3.05, 3.63) is 63.2 Å². The number of pyridine rings is 1. The first-order chi connectivity index (χ1) is 10.6. The van der Waals surface area contributed by atoms with E-state index in [-0.39, 0.29) is 0 Å². The third-order valence-corrected chi connectivity index (χ3v) is 5.29. The minimum atomic E-state index is 0.967. The van der Waals surface area contributed by atoms with Crippen LogP contribution >= 0.6 is 31.9 Å². The first kappa shape index (κ1) is 14.0. The lowest BCUT2D eigenvalue weighted by atomic mass is 10.1. The molecule has 4 aromatic rings. The second kappa shape index (κ2) is 5.21. The van der Waals surface area contributed by atoms with Crippen LogP contribution in [0.1, 0.15) is 5.56 Å². The van der Waals surface area contributed by atoms with E-state index < -0.39 is 0 Å². The zero-order chi connectivity index (χ0) is 15.3. The summed E-state index contributed by atoms with van der Waals surface area (Å²) in [4.78, 5) is 8.23. The molecule has 1 N–H and O–H groups in total. The van der Waals surface area contributed by atoms with Gasteiger partial charge in [0.25, 0.3) is 0 Å². The molecule has 108 valence electrons. The van der Waals surface area contributed by atoms with Crippen LogP contribution in [-0.4, -0.2) is 9.97 Å². The van der Waals surface area contributed by atoms with Crippen molar-refractivity contribution in [2.45, 2.75) is 6.92 Å². The monoisotopic (exact) mass is 414 g/mol. The summed E-state index contributed by atoms with van der Waals surface area (Å²) in [5, 5.41) is 2.31. The van der Waals surface area contributed by atoms with Gasteiger partial charge in [-0.1, -0.05) is 34.1 Å². The number of halogens is 2. The van der Waals surface area contributed by atoms with Gasteiger partial charge in [-0.2, -0.15) is 0 Å². The number of fused-ring (bicyclic) bond motifs is 2. The number of aromatic amines is 1. The number of aromatic nitrogens is 2. The summed E-state index contributed by atoms with van der Waals surface area (Å²) in [5.74, 6) is 0. The maximum Gasteiger partial charge on any atom is 0.0862 e. The average molecular weight is 416 g/mol. The van der Waals surface area contributed by atoms with E-state index >= 15 is 0 Å². The Kier molecular flexibility index (Phi) is 3.31. The van der Waals surface area contributed by atoms with Crippen LogP contribution in [0.4, 0.5) is 0 Å². The third-order valence-electron chi connectivity index (χ3n) is 3.95. The molecule has 2 heterocycles. The van der Waals surface area contributed by atoms with E-state index in [1.807, 2.05) is 18.3 Å². The van der Waals surface area contributed by atoms with Gasteiger partial charge in [0.1, 0.15) is 0 Å². The zero-order valence-electron chi connectivity index (χ0n) is 11.8. The molecule has 0 unspecified atom stereocenters. The second-order valence-electron chi connectivity index (χ2n) is 5.32. The zero-order valence-corrected chi connectivity index (χ0v) is 15.0. The van der Waals surface area contributed by atoms with Crippen LogP contribution in [0, 0.1) is 6.92 Å². The van der Waals surface area contributed by atoms with Gasteiger partial charge in [-0.25, -0.2) is 4.98 Å². The summed E-state index contributed by atoms with van der Waals surface area (Å²) >= 11 is 7.19. The van der Waals surface area contributed by atoms with Crippen LogP contribution in [0.3, 0.4) is 0 Å². The molecule has 0 bridgehead atoms. The molecule has 0 radical (unpaired) electrons. The molecule has 22 heavy (non-hydrogen) atoms. The lowest BCUT2D eigenvalue weighted by Crippen LogP contribution is -1.86. The summed E-state index contributed by atoms with van der Waals surface area (Å²) < 4.78 is 2.06. The highest BCUT2D eigenvalue weighted by molar-refractivity contribution is 9.11. The van der Waals surface area contributed by atoms with E-state index in [0.717, 1.165) is 31.1 Å². The normalized spacial score (nSPS) is 11.4. The van der Waals surface area contributed by atoms with Crippen LogP contribution in [0.15, 0.2) is 57.6 Å². The average Bonchev–Trinajstić information content (AvgIpc) is 2.96. The number of hydrogen-bond donors (Lipinski definition) is 1. The van der Waals surface area contributed by atoms with Gasteiger partial charge in [0.05, 0.1) is 11.2 Å². The summed E-state index contributed by atoms with van der Waals surface area (Å²) in [5.41, 5.74) is 5.49. The fraction of sp³-hybridized carbons (Fsp3) is 0.0556. The molecule has 2 aromatic carbocycles. The van der Waals surface area contributed by atoms with Gasteiger partial charge in [0.2, 0.25) is 0 Å².